The Morgan fingerprint density at radius 1 is 1.69 bits per heavy atom. The molecule has 0 radical (unpaired) electrons. The van der Waals surface area contributed by atoms with Gasteiger partial charge in [0.15, 0.2) is 0 Å². The Morgan fingerprint density at radius 3 is 3.19 bits per heavy atom. The molecular formula is C11H13NO3S. The van der Waals surface area contributed by atoms with Gasteiger partial charge >= 0.3 is 5.97 Å². The molecule has 0 spiro atoms. The first-order valence-electron chi connectivity index (χ1n) is 5.10. The highest BCUT2D eigenvalue weighted by Gasteiger charge is 2.21. The largest absolute Gasteiger partial charge is 0.460 e. The molecule has 2 rings (SSSR count). The second-order valence-electron chi connectivity index (χ2n) is 3.37. The summed E-state index contributed by atoms with van der Waals surface area (Å²) in [7, 11) is 0. The van der Waals surface area contributed by atoms with Crippen LogP contribution in [0.2, 0.25) is 0 Å². The van der Waals surface area contributed by atoms with Crippen LogP contribution in [-0.4, -0.2) is 23.9 Å². The van der Waals surface area contributed by atoms with Crippen LogP contribution in [-0.2, 0) is 17.7 Å². The summed E-state index contributed by atoms with van der Waals surface area (Å²) >= 11 is 1.63. The maximum Gasteiger partial charge on any atom is 0.374 e. The van der Waals surface area contributed by atoms with Crippen LogP contribution in [0.25, 0.3) is 0 Å². The monoisotopic (exact) mass is 239 g/mol. The van der Waals surface area contributed by atoms with E-state index in [0.717, 1.165) is 22.8 Å². The highest BCUT2D eigenvalue weighted by molar-refractivity contribution is 8.13. The van der Waals surface area contributed by atoms with Crippen molar-refractivity contribution in [3.63, 3.8) is 0 Å². The van der Waals surface area contributed by atoms with E-state index in [1.807, 2.05) is 6.26 Å². The molecule has 2 heterocycles. The first-order valence-corrected chi connectivity index (χ1v) is 6.33. The maximum atomic E-state index is 11.5. The van der Waals surface area contributed by atoms with Crippen molar-refractivity contribution in [2.75, 3.05) is 12.9 Å². The zero-order valence-electron chi connectivity index (χ0n) is 9.28. The fourth-order valence-electron chi connectivity index (χ4n) is 1.57. The number of nitrogens with zero attached hydrogens (tertiary/aromatic N) is 1. The van der Waals surface area contributed by atoms with Crippen LogP contribution in [0, 0.1) is 0 Å². The van der Waals surface area contributed by atoms with Gasteiger partial charge in [-0.15, -0.1) is 11.8 Å². The minimum atomic E-state index is -0.400. The quantitative estimate of drug-likeness (QED) is 0.743. The number of hydrogen-bond donors (Lipinski definition) is 0. The Hall–Kier alpha value is -1.23. The van der Waals surface area contributed by atoms with Gasteiger partial charge in [-0.3, -0.25) is 4.99 Å². The molecule has 0 bridgehead atoms. The summed E-state index contributed by atoms with van der Waals surface area (Å²) in [5.74, 6) is 0.660. The number of furan rings is 1. The van der Waals surface area contributed by atoms with E-state index in [4.69, 9.17) is 9.15 Å². The lowest BCUT2D eigenvalue weighted by Gasteiger charge is -2.08. The van der Waals surface area contributed by atoms with Gasteiger partial charge in [-0.05, 0) is 19.2 Å². The van der Waals surface area contributed by atoms with Gasteiger partial charge < -0.3 is 9.15 Å². The van der Waals surface area contributed by atoms with Crippen molar-refractivity contribution in [3.8, 4) is 0 Å². The van der Waals surface area contributed by atoms with Crippen molar-refractivity contribution in [2.45, 2.75) is 19.9 Å². The fourth-order valence-corrected chi connectivity index (χ4v) is 2.06. The summed E-state index contributed by atoms with van der Waals surface area (Å²) < 4.78 is 10.3. The van der Waals surface area contributed by atoms with E-state index in [0.29, 0.717) is 13.2 Å². The van der Waals surface area contributed by atoms with Gasteiger partial charge in [-0.1, -0.05) is 0 Å². The van der Waals surface area contributed by atoms with Crippen LogP contribution < -0.4 is 0 Å². The van der Waals surface area contributed by atoms with Gasteiger partial charge in [0.1, 0.15) is 5.76 Å². The van der Waals surface area contributed by atoms with Gasteiger partial charge in [0.25, 0.3) is 0 Å². The second kappa shape index (κ2) is 4.74. The predicted molar refractivity (Wildman–Crippen MR) is 63.0 cm³/mol. The van der Waals surface area contributed by atoms with Crippen LogP contribution in [0.15, 0.2) is 15.5 Å². The van der Waals surface area contributed by atoms with Crippen molar-refractivity contribution < 1.29 is 13.9 Å². The van der Waals surface area contributed by atoms with E-state index >= 15 is 0 Å². The van der Waals surface area contributed by atoms with E-state index < -0.39 is 5.97 Å². The lowest BCUT2D eigenvalue weighted by molar-refractivity contribution is 0.0488. The summed E-state index contributed by atoms with van der Waals surface area (Å²) in [6.07, 6.45) is 2.75. The summed E-state index contributed by atoms with van der Waals surface area (Å²) in [5, 5.41) is 1.07. The average molecular weight is 239 g/mol. The minimum Gasteiger partial charge on any atom is -0.460 e. The second-order valence-corrected chi connectivity index (χ2v) is 4.25. The normalized spacial score (nSPS) is 14.2. The number of esters is 1. The van der Waals surface area contributed by atoms with E-state index in [1.165, 1.54) is 0 Å². The number of fused-ring (bicyclic) bond motifs is 1. The SMILES string of the molecule is CCOC(=O)c1cc2c(o1)CN=C(SC)C2. The Bertz CT molecular complexity index is 436. The topological polar surface area (TPSA) is 51.8 Å². The summed E-state index contributed by atoms with van der Waals surface area (Å²) in [4.78, 5) is 15.8. The molecule has 0 aromatic carbocycles. The Labute approximate surface area is 98.1 Å². The highest BCUT2D eigenvalue weighted by Crippen LogP contribution is 2.24. The van der Waals surface area contributed by atoms with Crippen molar-refractivity contribution in [1.82, 2.24) is 0 Å². The minimum absolute atomic E-state index is 0.282. The molecule has 16 heavy (non-hydrogen) atoms. The van der Waals surface area contributed by atoms with Gasteiger partial charge in [0.2, 0.25) is 5.76 Å². The van der Waals surface area contributed by atoms with E-state index in [-0.39, 0.29) is 5.76 Å². The first-order chi connectivity index (χ1) is 7.74. The average Bonchev–Trinajstić information content (AvgIpc) is 2.71. The summed E-state index contributed by atoms with van der Waals surface area (Å²) in [5.41, 5.74) is 1.04. The molecule has 4 nitrogen and oxygen atoms in total. The zero-order chi connectivity index (χ0) is 11.5. The van der Waals surface area contributed by atoms with Crippen molar-refractivity contribution in [3.05, 3.63) is 23.2 Å². The number of carbonyl (C=O) groups excluding carboxylic acids is 1. The smallest absolute Gasteiger partial charge is 0.374 e. The molecule has 1 aromatic rings. The molecule has 0 saturated carbocycles. The Kier molecular flexibility index (Phi) is 3.33. The van der Waals surface area contributed by atoms with Crippen LogP contribution in [0.3, 0.4) is 0 Å². The number of aliphatic imine (C=N–C) groups is 1. The number of hydrogen-bond acceptors (Lipinski definition) is 5. The van der Waals surface area contributed by atoms with Gasteiger partial charge in [-0.25, -0.2) is 4.79 Å². The van der Waals surface area contributed by atoms with Crippen LogP contribution in [0.4, 0.5) is 0 Å². The molecule has 0 N–H and O–H groups in total. The number of ether oxygens (including phenoxy) is 1. The molecule has 1 aliphatic rings. The van der Waals surface area contributed by atoms with Crippen molar-refractivity contribution >= 4 is 22.8 Å². The van der Waals surface area contributed by atoms with E-state index in [2.05, 4.69) is 4.99 Å². The van der Waals surface area contributed by atoms with E-state index in [1.54, 1.807) is 24.8 Å². The first kappa shape index (κ1) is 11.3. The third-order valence-electron chi connectivity index (χ3n) is 2.35. The molecule has 0 unspecified atom stereocenters. The molecule has 1 aromatic heterocycles. The predicted octanol–water partition coefficient (Wildman–Crippen LogP) is 2.27. The number of carbonyl (C=O) groups is 1. The standard InChI is InChI=1S/C11H13NO3S/c1-3-14-11(13)8-4-7-5-10(16-2)12-6-9(7)15-8/h4H,3,5-6H2,1-2H3. The van der Waals surface area contributed by atoms with Crippen LogP contribution in [0.5, 0.6) is 0 Å². The fraction of sp³-hybridized carbons (Fsp3) is 0.455. The summed E-state index contributed by atoms with van der Waals surface area (Å²) in [6.45, 7) is 2.65. The van der Waals surface area contributed by atoms with Gasteiger partial charge in [0.05, 0.1) is 18.2 Å². The highest BCUT2D eigenvalue weighted by atomic mass is 32.2. The third kappa shape index (κ3) is 2.14. The van der Waals surface area contributed by atoms with Crippen LogP contribution in [0.1, 0.15) is 28.8 Å². The molecular weight excluding hydrogens is 226 g/mol. The number of thioether (sulfide) groups is 1. The van der Waals surface area contributed by atoms with Gasteiger partial charge in [-0.2, -0.15) is 0 Å². The Morgan fingerprint density at radius 2 is 2.50 bits per heavy atom. The lowest BCUT2D eigenvalue weighted by atomic mass is 10.1. The number of rotatable bonds is 2. The molecule has 1 aliphatic heterocycles. The summed E-state index contributed by atoms with van der Waals surface area (Å²) in [6, 6.07) is 1.76. The van der Waals surface area contributed by atoms with Gasteiger partial charge in [0, 0.05) is 12.0 Å². The van der Waals surface area contributed by atoms with Crippen LogP contribution >= 0.6 is 11.8 Å². The van der Waals surface area contributed by atoms with Crippen molar-refractivity contribution in [1.29, 1.82) is 0 Å². The molecule has 0 aliphatic carbocycles. The molecule has 5 heteroatoms. The lowest BCUT2D eigenvalue weighted by Crippen LogP contribution is -2.05. The molecule has 0 fully saturated rings. The Balaban J connectivity index is 2.17. The molecule has 0 atom stereocenters. The third-order valence-corrected chi connectivity index (χ3v) is 3.09. The van der Waals surface area contributed by atoms with Crippen molar-refractivity contribution in [2.24, 2.45) is 4.99 Å². The zero-order valence-corrected chi connectivity index (χ0v) is 10.1. The molecule has 86 valence electrons. The maximum absolute atomic E-state index is 11.5. The van der Waals surface area contributed by atoms with E-state index in [9.17, 15) is 4.79 Å². The molecule has 0 saturated heterocycles. The molecule has 0 amide bonds.